The van der Waals surface area contributed by atoms with Crippen molar-refractivity contribution in [2.75, 3.05) is 13.2 Å². The molecule has 16 heavy (non-hydrogen) atoms. The number of carbonyl (C=O) groups excluding carboxylic acids is 1. The summed E-state index contributed by atoms with van der Waals surface area (Å²) in [5, 5.41) is 11.8. The van der Waals surface area contributed by atoms with Crippen molar-refractivity contribution >= 4 is 11.9 Å². The first kappa shape index (κ1) is 11.4. The van der Waals surface area contributed by atoms with Gasteiger partial charge in [0.2, 0.25) is 5.91 Å². The minimum Gasteiger partial charge on any atom is -0.481 e. The van der Waals surface area contributed by atoms with E-state index in [1.54, 1.807) is 0 Å². The second-order valence-electron chi connectivity index (χ2n) is 4.55. The highest BCUT2D eigenvalue weighted by Crippen LogP contribution is 2.26. The minimum absolute atomic E-state index is 0.0457. The fourth-order valence-corrected chi connectivity index (χ4v) is 2.47. The summed E-state index contributed by atoms with van der Waals surface area (Å²) in [6.45, 7) is 1.10. The van der Waals surface area contributed by atoms with Gasteiger partial charge in [-0.05, 0) is 19.3 Å². The van der Waals surface area contributed by atoms with E-state index in [0.29, 0.717) is 19.6 Å². The molecule has 1 heterocycles. The van der Waals surface area contributed by atoms with E-state index in [-0.39, 0.29) is 17.9 Å². The summed E-state index contributed by atoms with van der Waals surface area (Å²) in [6, 6.07) is -0.189. The van der Waals surface area contributed by atoms with E-state index in [2.05, 4.69) is 5.32 Å². The van der Waals surface area contributed by atoms with E-state index in [0.717, 1.165) is 19.3 Å². The Balaban J connectivity index is 1.88. The number of nitrogens with one attached hydrogen (secondary N) is 1. The summed E-state index contributed by atoms with van der Waals surface area (Å²) >= 11 is 0. The van der Waals surface area contributed by atoms with Gasteiger partial charge in [-0.2, -0.15) is 0 Å². The Kier molecular flexibility index (Phi) is 3.43. The number of aliphatic carboxylic acids is 1. The van der Waals surface area contributed by atoms with E-state index in [1.165, 1.54) is 0 Å². The molecule has 1 aliphatic carbocycles. The Morgan fingerprint density at radius 2 is 2.06 bits per heavy atom. The van der Waals surface area contributed by atoms with Gasteiger partial charge in [0, 0.05) is 12.6 Å². The van der Waals surface area contributed by atoms with Gasteiger partial charge in [0.15, 0.2) is 0 Å². The molecule has 1 aliphatic heterocycles. The van der Waals surface area contributed by atoms with Gasteiger partial charge in [0.25, 0.3) is 0 Å². The van der Waals surface area contributed by atoms with Gasteiger partial charge in [-0.15, -0.1) is 0 Å². The lowest BCUT2D eigenvalue weighted by atomic mass is 10.0. The van der Waals surface area contributed by atoms with Crippen molar-refractivity contribution in [2.24, 2.45) is 11.8 Å². The van der Waals surface area contributed by atoms with Crippen molar-refractivity contribution in [2.45, 2.75) is 31.7 Å². The number of hydrogen-bond acceptors (Lipinski definition) is 3. The van der Waals surface area contributed by atoms with Crippen LogP contribution in [-0.2, 0) is 14.3 Å². The molecule has 1 saturated heterocycles. The van der Waals surface area contributed by atoms with Crippen LogP contribution >= 0.6 is 0 Å². The molecular formula is C11H17NO4. The van der Waals surface area contributed by atoms with Crippen molar-refractivity contribution in [1.29, 1.82) is 0 Å². The monoisotopic (exact) mass is 227 g/mol. The van der Waals surface area contributed by atoms with Crippen LogP contribution in [0.25, 0.3) is 0 Å². The van der Waals surface area contributed by atoms with Crippen LogP contribution < -0.4 is 5.32 Å². The molecule has 0 bridgehead atoms. The molecule has 0 aromatic heterocycles. The molecule has 0 aromatic rings. The molecule has 0 spiro atoms. The van der Waals surface area contributed by atoms with Gasteiger partial charge in [0.05, 0.1) is 18.4 Å². The maximum absolute atomic E-state index is 11.8. The SMILES string of the molecule is O=C(NC1CCCC1C(=O)O)C1CCOC1. The molecule has 0 radical (unpaired) electrons. The zero-order chi connectivity index (χ0) is 11.5. The second kappa shape index (κ2) is 4.82. The quantitative estimate of drug-likeness (QED) is 0.731. The van der Waals surface area contributed by atoms with Crippen molar-refractivity contribution < 1.29 is 19.4 Å². The van der Waals surface area contributed by atoms with Crippen molar-refractivity contribution in [3.8, 4) is 0 Å². The average Bonchev–Trinajstić information content (AvgIpc) is 2.86. The van der Waals surface area contributed by atoms with Crippen LogP contribution in [-0.4, -0.2) is 36.2 Å². The molecule has 90 valence electrons. The Labute approximate surface area is 94.2 Å². The van der Waals surface area contributed by atoms with Gasteiger partial charge in [0.1, 0.15) is 0 Å². The van der Waals surface area contributed by atoms with Crippen LogP contribution in [0.5, 0.6) is 0 Å². The molecule has 3 unspecified atom stereocenters. The minimum atomic E-state index is -0.800. The van der Waals surface area contributed by atoms with Gasteiger partial charge < -0.3 is 15.2 Å². The molecule has 2 fully saturated rings. The van der Waals surface area contributed by atoms with E-state index >= 15 is 0 Å². The third kappa shape index (κ3) is 2.35. The highest BCUT2D eigenvalue weighted by molar-refractivity contribution is 5.80. The number of ether oxygens (including phenoxy) is 1. The average molecular weight is 227 g/mol. The van der Waals surface area contributed by atoms with Crippen LogP contribution in [0.15, 0.2) is 0 Å². The number of carboxylic acids is 1. The number of carboxylic acid groups (broad SMARTS) is 1. The lowest BCUT2D eigenvalue weighted by Crippen LogP contribution is -2.43. The topological polar surface area (TPSA) is 75.6 Å². The zero-order valence-corrected chi connectivity index (χ0v) is 9.15. The maximum Gasteiger partial charge on any atom is 0.308 e. The van der Waals surface area contributed by atoms with Gasteiger partial charge in [-0.1, -0.05) is 6.42 Å². The number of rotatable bonds is 3. The normalized spacial score (nSPS) is 33.9. The third-order valence-electron chi connectivity index (χ3n) is 3.46. The van der Waals surface area contributed by atoms with Crippen LogP contribution in [0.2, 0.25) is 0 Å². The highest BCUT2D eigenvalue weighted by Gasteiger charge is 2.35. The van der Waals surface area contributed by atoms with Crippen LogP contribution in [0.1, 0.15) is 25.7 Å². The number of carbonyl (C=O) groups is 2. The predicted molar refractivity (Wildman–Crippen MR) is 55.8 cm³/mol. The summed E-state index contributed by atoms with van der Waals surface area (Å²) in [4.78, 5) is 22.7. The summed E-state index contributed by atoms with van der Waals surface area (Å²) in [6.07, 6.45) is 3.07. The molecular weight excluding hydrogens is 210 g/mol. The Morgan fingerprint density at radius 1 is 1.25 bits per heavy atom. The first-order valence-corrected chi connectivity index (χ1v) is 5.79. The van der Waals surface area contributed by atoms with Crippen LogP contribution in [0, 0.1) is 11.8 Å². The van der Waals surface area contributed by atoms with Gasteiger partial charge in [-0.3, -0.25) is 9.59 Å². The van der Waals surface area contributed by atoms with Crippen LogP contribution in [0.3, 0.4) is 0 Å². The van der Waals surface area contributed by atoms with Crippen molar-refractivity contribution in [3.63, 3.8) is 0 Å². The lowest BCUT2D eigenvalue weighted by molar-refractivity contribution is -0.142. The second-order valence-corrected chi connectivity index (χ2v) is 4.55. The molecule has 5 heteroatoms. The van der Waals surface area contributed by atoms with E-state index in [1.807, 2.05) is 0 Å². The zero-order valence-electron chi connectivity index (χ0n) is 9.15. The molecule has 0 aromatic carbocycles. The molecule has 3 atom stereocenters. The molecule has 2 aliphatic rings. The summed E-state index contributed by atoms with van der Waals surface area (Å²) in [5.41, 5.74) is 0. The van der Waals surface area contributed by atoms with E-state index < -0.39 is 11.9 Å². The lowest BCUT2D eigenvalue weighted by Gasteiger charge is -2.19. The van der Waals surface area contributed by atoms with Gasteiger partial charge >= 0.3 is 5.97 Å². The fraction of sp³-hybridized carbons (Fsp3) is 0.818. The molecule has 5 nitrogen and oxygen atoms in total. The van der Waals surface area contributed by atoms with E-state index in [9.17, 15) is 9.59 Å². The predicted octanol–water partition coefficient (Wildman–Crippen LogP) is 0.392. The molecule has 1 amide bonds. The summed E-state index contributed by atoms with van der Waals surface area (Å²) in [7, 11) is 0. The summed E-state index contributed by atoms with van der Waals surface area (Å²) < 4.78 is 5.14. The third-order valence-corrected chi connectivity index (χ3v) is 3.46. The Bertz CT molecular complexity index is 286. The Morgan fingerprint density at radius 3 is 2.69 bits per heavy atom. The first-order valence-electron chi connectivity index (χ1n) is 5.79. The molecule has 1 saturated carbocycles. The summed E-state index contributed by atoms with van der Waals surface area (Å²) in [5.74, 6) is -1.34. The smallest absolute Gasteiger partial charge is 0.308 e. The first-order chi connectivity index (χ1) is 7.68. The molecule has 2 N–H and O–H groups in total. The highest BCUT2D eigenvalue weighted by atomic mass is 16.5. The van der Waals surface area contributed by atoms with Crippen molar-refractivity contribution in [3.05, 3.63) is 0 Å². The number of amides is 1. The van der Waals surface area contributed by atoms with E-state index in [4.69, 9.17) is 9.84 Å². The van der Waals surface area contributed by atoms with Crippen molar-refractivity contribution in [1.82, 2.24) is 5.32 Å². The molecule has 2 rings (SSSR count). The fourth-order valence-electron chi connectivity index (χ4n) is 2.47. The Hall–Kier alpha value is -1.10. The van der Waals surface area contributed by atoms with Gasteiger partial charge in [-0.25, -0.2) is 0 Å². The maximum atomic E-state index is 11.8. The standard InChI is InChI=1S/C11H17NO4/c13-10(7-4-5-16-6-7)12-9-3-1-2-8(9)11(14)15/h7-9H,1-6H2,(H,12,13)(H,14,15). The number of hydrogen-bond donors (Lipinski definition) is 2. The largest absolute Gasteiger partial charge is 0.481 e. The van der Waals surface area contributed by atoms with Crippen LogP contribution in [0.4, 0.5) is 0 Å².